The van der Waals surface area contributed by atoms with Crippen LogP contribution < -0.4 is 10.6 Å². The molecule has 5 nitrogen and oxygen atoms in total. The zero-order valence-corrected chi connectivity index (χ0v) is 13.1. The molecule has 20 heavy (non-hydrogen) atoms. The number of halogens is 1. The van der Waals surface area contributed by atoms with E-state index in [1.54, 1.807) is 24.3 Å². The Morgan fingerprint density at radius 2 is 1.85 bits per heavy atom. The third kappa shape index (κ3) is 5.30. The fraction of sp³-hybridized carbons (Fsp3) is 0.429. The van der Waals surface area contributed by atoms with Gasteiger partial charge in [-0.05, 0) is 37.1 Å². The highest BCUT2D eigenvalue weighted by molar-refractivity contribution is 9.10. The number of carbonyl (C=O) groups is 2. The van der Waals surface area contributed by atoms with E-state index in [9.17, 15) is 9.59 Å². The first kappa shape index (κ1) is 16.7. The lowest BCUT2D eigenvalue weighted by Gasteiger charge is -2.19. The Balaban J connectivity index is 2.41. The first-order valence-corrected chi connectivity index (χ1v) is 7.17. The molecule has 0 spiro atoms. The van der Waals surface area contributed by atoms with Gasteiger partial charge in [0.1, 0.15) is 0 Å². The normalized spacial score (nSPS) is 13.4. The molecule has 0 heterocycles. The van der Waals surface area contributed by atoms with Gasteiger partial charge in [0.05, 0.1) is 6.54 Å². The van der Waals surface area contributed by atoms with Crippen molar-refractivity contribution in [1.82, 2.24) is 10.6 Å². The number of carbonyl (C=O) groups excluding carboxylic acids is 2. The first-order valence-electron chi connectivity index (χ1n) is 6.38. The van der Waals surface area contributed by atoms with E-state index in [0.29, 0.717) is 5.56 Å². The summed E-state index contributed by atoms with van der Waals surface area (Å²) < 4.78 is 0.888. The van der Waals surface area contributed by atoms with Crippen molar-refractivity contribution in [2.45, 2.75) is 19.9 Å². The van der Waals surface area contributed by atoms with Crippen molar-refractivity contribution >= 4 is 27.7 Å². The molecule has 0 bridgehead atoms. The molecule has 0 saturated heterocycles. The van der Waals surface area contributed by atoms with Crippen LogP contribution in [0.15, 0.2) is 28.7 Å². The van der Waals surface area contributed by atoms with Gasteiger partial charge >= 0.3 is 0 Å². The number of hydrogen-bond donors (Lipinski definition) is 3. The van der Waals surface area contributed by atoms with Gasteiger partial charge in [0.15, 0.2) is 0 Å². The van der Waals surface area contributed by atoms with Crippen LogP contribution >= 0.6 is 15.9 Å². The largest absolute Gasteiger partial charge is 0.396 e. The molecule has 0 aliphatic heterocycles. The molecular formula is C14H19BrN2O3. The van der Waals surface area contributed by atoms with Crippen molar-refractivity contribution in [2.24, 2.45) is 5.92 Å². The summed E-state index contributed by atoms with van der Waals surface area (Å²) in [6.07, 6.45) is 0. The van der Waals surface area contributed by atoms with Crippen LogP contribution in [-0.4, -0.2) is 36.1 Å². The second-order valence-corrected chi connectivity index (χ2v) is 5.62. The van der Waals surface area contributed by atoms with Crippen molar-refractivity contribution in [3.63, 3.8) is 0 Å². The molecule has 2 atom stereocenters. The predicted molar refractivity (Wildman–Crippen MR) is 80.3 cm³/mol. The van der Waals surface area contributed by atoms with Gasteiger partial charge in [-0.3, -0.25) is 9.59 Å². The molecule has 0 fully saturated rings. The van der Waals surface area contributed by atoms with Gasteiger partial charge in [0.25, 0.3) is 5.91 Å². The molecule has 3 N–H and O–H groups in total. The quantitative estimate of drug-likeness (QED) is 0.729. The predicted octanol–water partition coefficient (Wildman–Crippen LogP) is 1.31. The molecule has 6 heteroatoms. The second kappa shape index (κ2) is 8.01. The summed E-state index contributed by atoms with van der Waals surface area (Å²) >= 11 is 3.29. The average Bonchev–Trinajstić information content (AvgIpc) is 2.44. The van der Waals surface area contributed by atoms with Gasteiger partial charge in [-0.25, -0.2) is 0 Å². The second-order valence-electron chi connectivity index (χ2n) is 4.71. The fourth-order valence-corrected chi connectivity index (χ4v) is 1.73. The van der Waals surface area contributed by atoms with Gasteiger partial charge < -0.3 is 15.7 Å². The molecule has 0 saturated carbocycles. The summed E-state index contributed by atoms with van der Waals surface area (Å²) in [5.74, 6) is -0.597. The lowest BCUT2D eigenvalue weighted by Crippen LogP contribution is -2.43. The Bertz CT molecular complexity index is 462. The highest BCUT2D eigenvalue weighted by Crippen LogP contribution is 2.10. The Labute approximate surface area is 126 Å². The zero-order valence-electron chi connectivity index (χ0n) is 11.5. The summed E-state index contributed by atoms with van der Waals surface area (Å²) in [6.45, 7) is 3.57. The van der Waals surface area contributed by atoms with Gasteiger partial charge in [0, 0.05) is 22.7 Å². The van der Waals surface area contributed by atoms with Gasteiger partial charge in [0.2, 0.25) is 5.91 Å². The Morgan fingerprint density at radius 1 is 1.25 bits per heavy atom. The molecule has 110 valence electrons. The number of nitrogens with one attached hydrogen (secondary N) is 2. The first-order chi connectivity index (χ1) is 9.43. The summed E-state index contributed by atoms with van der Waals surface area (Å²) in [4.78, 5) is 23.4. The number of aliphatic hydroxyl groups is 1. The molecule has 1 aromatic carbocycles. The Morgan fingerprint density at radius 3 is 2.40 bits per heavy atom. The maximum absolute atomic E-state index is 11.8. The topological polar surface area (TPSA) is 78.4 Å². The summed E-state index contributed by atoms with van der Waals surface area (Å²) in [5.41, 5.74) is 0.498. The number of rotatable bonds is 6. The van der Waals surface area contributed by atoms with E-state index >= 15 is 0 Å². The maximum atomic E-state index is 11.8. The Hall–Kier alpha value is -1.40. The van der Waals surface area contributed by atoms with E-state index in [1.807, 2.05) is 13.8 Å². The van der Waals surface area contributed by atoms with Crippen molar-refractivity contribution in [2.75, 3.05) is 13.2 Å². The third-order valence-electron chi connectivity index (χ3n) is 3.05. The van der Waals surface area contributed by atoms with E-state index in [0.717, 1.165) is 4.47 Å². The number of aliphatic hydroxyl groups excluding tert-OH is 1. The van der Waals surface area contributed by atoms with E-state index < -0.39 is 0 Å². The van der Waals surface area contributed by atoms with E-state index in [1.165, 1.54) is 0 Å². The minimum atomic E-state index is -0.296. The summed E-state index contributed by atoms with van der Waals surface area (Å²) in [6, 6.07) is 6.73. The number of benzene rings is 1. The van der Waals surface area contributed by atoms with Gasteiger partial charge in [-0.2, -0.15) is 0 Å². The van der Waals surface area contributed by atoms with E-state index in [-0.39, 0.29) is 36.9 Å². The molecule has 1 aromatic rings. The summed E-state index contributed by atoms with van der Waals surface area (Å²) in [7, 11) is 0. The number of amides is 2. The minimum absolute atomic E-state index is 0.00665. The molecule has 2 amide bonds. The lowest BCUT2D eigenvalue weighted by molar-refractivity contribution is -0.121. The molecule has 0 radical (unpaired) electrons. The third-order valence-corrected chi connectivity index (χ3v) is 3.57. The van der Waals surface area contributed by atoms with E-state index in [4.69, 9.17) is 5.11 Å². The zero-order chi connectivity index (χ0) is 15.1. The van der Waals surface area contributed by atoms with Crippen molar-refractivity contribution in [3.8, 4) is 0 Å². The van der Waals surface area contributed by atoms with E-state index in [2.05, 4.69) is 26.6 Å². The Kier molecular flexibility index (Phi) is 6.67. The van der Waals surface area contributed by atoms with Crippen molar-refractivity contribution < 1.29 is 14.7 Å². The van der Waals surface area contributed by atoms with Crippen LogP contribution in [0.4, 0.5) is 0 Å². The molecule has 0 aromatic heterocycles. The van der Waals surface area contributed by atoms with Crippen molar-refractivity contribution in [1.29, 1.82) is 0 Å². The van der Waals surface area contributed by atoms with Crippen LogP contribution in [0.2, 0.25) is 0 Å². The number of hydrogen-bond acceptors (Lipinski definition) is 3. The monoisotopic (exact) mass is 342 g/mol. The smallest absolute Gasteiger partial charge is 0.251 e. The minimum Gasteiger partial charge on any atom is -0.396 e. The van der Waals surface area contributed by atoms with Gasteiger partial charge in [-0.15, -0.1) is 0 Å². The highest BCUT2D eigenvalue weighted by atomic mass is 79.9. The van der Waals surface area contributed by atoms with Crippen LogP contribution in [-0.2, 0) is 4.79 Å². The fourth-order valence-electron chi connectivity index (χ4n) is 1.47. The van der Waals surface area contributed by atoms with Crippen LogP contribution in [0.3, 0.4) is 0 Å². The lowest BCUT2D eigenvalue weighted by atomic mass is 10.1. The summed E-state index contributed by atoms with van der Waals surface area (Å²) in [5, 5.41) is 14.3. The van der Waals surface area contributed by atoms with Crippen LogP contribution in [0.1, 0.15) is 24.2 Å². The highest BCUT2D eigenvalue weighted by Gasteiger charge is 2.14. The van der Waals surface area contributed by atoms with Crippen LogP contribution in [0, 0.1) is 5.92 Å². The average molecular weight is 343 g/mol. The maximum Gasteiger partial charge on any atom is 0.251 e. The standard InChI is InChI=1S/C14H19BrN2O3/c1-9(8-18)10(2)17-13(19)7-16-14(20)11-3-5-12(15)6-4-11/h3-6,9-10,18H,7-8H2,1-2H3,(H,16,20)(H,17,19)/t9-,10-/m1/s1. The molecule has 0 unspecified atom stereocenters. The van der Waals surface area contributed by atoms with Crippen LogP contribution in [0.25, 0.3) is 0 Å². The SMILES string of the molecule is C[C@H](CO)[C@@H](C)NC(=O)CNC(=O)c1ccc(Br)cc1. The molecule has 0 aliphatic rings. The van der Waals surface area contributed by atoms with Crippen LogP contribution in [0.5, 0.6) is 0 Å². The molecule has 1 rings (SSSR count). The molecule has 0 aliphatic carbocycles. The molecular weight excluding hydrogens is 324 g/mol. The van der Waals surface area contributed by atoms with Crippen molar-refractivity contribution in [3.05, 3.63) is 34.3 Å². The van der Waals surface area contributed by atoms with Gasteiger partial charge in [-0.1, -0.05) is 22.9 Å².